The minimum Gasteiger partial charge on any atom is -0.328 e. The first-order valence-corrected chi connectivity index (χ1v) is 12.4. The van der Waals surface area contributed by atoms with Crippen molar-refractivity contribution in [2.75, 3.05) is 0 Å². The van der Waals surface area contributed by atoms with Crippen molar-refractivity contribution in [3.8, 4) is 0 Å². The number of aromatic nitrogens is 1. The maximum atomic E-state index is 11.6. The monoisotopic (exact) mass is 469 g/mol. The number of hydrogen-bond acceptors (Lipinski definition) is 4. The molecule has 0 spiro atoms. The summed E-state index contributed by atoms with van der Waals surface area (Å²) in [6.45, 7) is 8.29. The van der Waals surface area contributed by atoms with Crippen LogP contribution in [0.15, 0.2) is 74.5 Å². The molecule has 3 rings (SSSR count). The van der Waals surface area contributed by atoms with Crippen molar-refractivity contribution >= 4 is 29.6 Å². The van der Waals surface area contributed by atoms with E-state index in [1.165, 1.54) is 22.9 Å². The predicted molar refractivity (Wildman–Crippen MR) is 138 cm³/mol. The van der Waals surface area contributed by atoms with Crippen LogP contribution >= 0.6 is 23.4 Å². The van der Waals surface area contributed by atoms with Gasteiger partial charge in [0.2, 0.25) is 0 Å². The van der Waals surface area contributed by atoms with Gasteiger partial charge in [-0.25, -0.2) is 0 Å². The zero-order chi connectivity index (χ0) is 23.1. The molecular formula is C26H32ClN3OS. The smallest absolute Gasteiger partial charge is 0.267 e. The number of allylic oxidation sites excluding steroid dienone is 3. The molecule has 2 aromatic rings. The van der Waals surface area contributed by atoms with Crippen LogP contribution in [0.2, 0.25) is 5.02 Å². The highest BCUT2D eigenvalue weighted by Crippen LogP contribution is 2.50. The van der Waals surface area contributed by atoms with E-state index in [2.05, 4.69) is 47.7 Å². The van der Waals surface area contributed by atoms with E-state index in [-0.39, 0.29) is 22.0 Å². The Hall–Kier alpha value is -2.08. The van der Waals surface area contributed by atoms with Crippen molar-refractivity contribution in [1.29, 1.82) is 0 Å². The van der Waals surface area contributed by atoms with E-state index in [4.69, 9.17) is 17.3 Å². The molecule has 2 atom stereocenters. The maximum absolute atomic E-state index is 11.6. The molecule has 1 heterocycles. The van der Waals surface area contributed by atoms with E-state index in [0.29, 0.717) is 4.90 Å². The average Bonchev–Trinajstić information content (AvgIpc) is 3.06. The molecular weight excluding hydrogens is 438 g/mol. The first-order chi connectivity index (χ1) is 15.4. The minimum absolute atomic E-state index is 0.103. The number of pyridine rings is 1. The van der Waals surface area contributed by atoms with Gasteiger partial charge in [0.05, 0.1) is 0 Å². The van der Waals surface area contributed by atoms with E-state index < -0.39 is 0 Å². The van der Waals surface area contributed by atoms with Crippen LogP contribution in [0, 0.1) is 5.41 Å². The number of thioether (sulfide) groups is 1. The molecule has 1 unspecified atom stereocenters. The van der Waals surface area contributed by atoms with Crippen molar-refractivity contribution < 1.29 is 0 Å². The number of halogens is 1. The predicted octanol–water partition coefficient (Wildman–Crippen LogP) is 6.82. The number of rotatable bonds is 10. The van der Waals surface area contributed by atoms with Crippen LogP contribution in [-0.2, 0) is 6.42 Å². The Morgan fingerprint density at radius 1 is 1.38 bits per heavy atom. The van der Waals surface area contributed by atoms with Crippen LogP contribution in [0.25, 0.3) is 0 Å². The third kappa shape index (κ3) is 5.64. The molecule has 6 heteroatoms. The van der Waals surface area contributed by atoms with Gasteiger partial charge in [-0.05, 0) is 61.6 Å². The zero-order valence-corrected chi connectivity index (χ0v) is 20.4. The second-order valence-corrected chi connectivity index (χ2v) is 9.96. The number of benzene rings is 1. The fraction of sp³-hybridized carbons (Fsp3) is 0.385. The summed E-state index contributed by atoms with van der Waals surface area (Å²) in [6, 6.07) is 10.5. The van der Waals surface area contributed by atoms with Gasteiger partial charge in [0.25, 0.3) is 5.56 Å². The van der Waals surface area contributed by atoms with Gasteiger partial charge in [0, 0.05) is 34.0 Å². The molecule has 1 aliphatic carbocycles. The third-order valence-electron chi connectivity index (χ3n) is 6.26. The van der Waals surface area contributed by atoms with E-state index in [0.717, 1.165) is 49.1 Å². The Morgan fingerprint density at radius 2 is 2.16 bits per heavy atom. The van der Waals surface area contributed by atoms with Gasteiger partial charge in [-0.15, -0.1) is 0 Å². The van der Waals surface area contributed by atoms with Crippen molar-refractivity contribution in [3.63, 3.8) is 0 Å². The normalized spacial score (nSPS) is 20.6. The maximum Gasteiger partial charge on any atom is 0.267 e. The van der Waals surface area contributed by atoms with Crippen LogP contribution in [0.4, 0.5) is 0 Å². The molecule has 1 aromatic heterocycles. The number of aliphatic imine (C=N–C) groups is 1. The summed E-state index contributed by atoms with van der Waals surface area (Å²) in [7, 11) is 0. The fourth-order valence-corrected chi connectivity index (χ4v) is 5.62. The van der Waals surface area contributed by atoms with Gasteiger partial charge in [-0.3, -0.25) is 9.79 Å². The first-order valence-electron chi connectivity index (χ1n) is 11.2. The summed E-state index contributed by atoms with van der Waals surface area (Å²) in [4.78, 5) is 20.2. The second-order valence-electron chi connectivity index (χ2n) is 8.41. The summed E-state index contributed by atoms with van der Waals surface area (Å²) >= 11 is 7.41. The van der Waals surface area contributed by atoms with Crippen molar-refractivity contribution in [2.45, 2.75) is 63.3 Å². The highest BCUT2D eigenvalue weighted by Gasteiger charge is 2.42. The molecule has 1 aromatic carbocycles. The van der Waals surface area contributed by atoms with Gasteiger partial charge in [0.1, 0.15) is 5.02 Å². The molecule has 0 amide bonds. The summed E-state index contributed by atoms with van der Waals surface area (Å²) in [6.07, 6.45) is 11.7. The highest BCUT2D eigenvalue weighted by molar-refractivity contribution is 8.04. The van der Waals surface area contributed by atoms with Gasteiger partial charge >= 0.3 is 0 Å². The fourth-order valence-electron chi connectivity index (χ4n) is 4.68. The Bertz CT molecular complexity index is 1070. The molecule has 0 saturated carbocycles. The highest BCUT2D eigenvalue weighted by atomic mass is 35.5. The van der Waals surface area contributed by atoms with E-state index in [1.807, 2.05) is 13.0 Å². The minimum atomic E-state index is -0.302. The second kappa shape index (κ2) is 11.2. The number of nitrogens with two attached hydrogens (primary N) is 1. The molecule has 0 radical (unpaired) electrons. The molecule has 1 aliphatic rings. The molecule has 0 aliphatic heterocycles. The lowest BCUT2D eigenvalue weighted by Gasteiger charge is -2.34. The molecule has 32 heavy (non-hydrogen) atoms. The molecule has 0 saturated heterocycles. The number of aromatic amines is 1. The summed E-state index contributed by atoms with van der Waals surface area (Å²) < 4.78 is 0. The van der Waals surface area contributed by atoms with Crippen molar-refractivity contribution in [2.24, 2.45) is 16.1 Å². The van der Waals surface area contributed by atoms with E-state index >= 15 is 0 Å². The van der Waals surface area contributed by atoms with Crippen LogP contribution < -0.4 is 11.3 Å². The molecule has 170 valence electrons. The standard InChI is InChI=1S/C26H32ClN3OS/c1-4-13-26(16-19-9-6-7-11-21(19)24(26)28)14-8-10-20(5-2)30-17-18(3)32-22-12-15-29-25(31)23(22)27/h5-7,9,11-12,15,17,24H,3-4,8,10,13-14,16,28H2,1-2H3,(H,29,31)/b20-5-,30-17-/t24-,26?/m1/s1. The number of nitrogens with one attached hydrogen (secondary N) is 1. The van der Waals surface area contributed by atoms with Gasteiger partial charge < -0.3 is 10.7 Å². The lowest BCUT2D eigenvalue weighted by molar-refractivity contribution is 0.198. The largest absolute Gasteiger partial charge is 0.328 e. The average molecular weight is 470 g/mol. The number of fused-ring (bicyclic) bond motifs is 1. The van der Waals surface area contributed by atoms with Gasteiger partial charge in [-0.1, -0.05) is 73.6 Å². The topological polar surface area (TPSA) is 71.2 Å². The first kappa shape index (κ1) is 24.6. The molecule has 0 fully saturated rings. The summed E-state index contributed by atoms with van der Waals surface area (Å²) in [5.41, 5.74) is 10.3. The molecule has 3 N–H and O–H groups in total. The quantitative estimate of drug-likeness (QED) is 0.296. The molecule has 4 nitrogen and oxygen atoms in total. The van der Waals surface area contributed by atoms with Crippen LogP contribution in [0.3, 0.4) is 0 Å². The van der Waals surface area contributed by atoms with E-state index in [9.17, 15) is 4.79 Å². The summed E-state index contributed by atoms with van der Waals surface area (Å²) in [5, 5.41) is 0.174. The lowest BCUT2D eigenvalue weighted by atomic mass is 9.73. The Kier molecular flexibility index (Phi) is 8.57. The van der Waals surface area contributed by atoms with Crippen LogP contribution in [-0.4, -0.2) is 11.2 Å². The Morgan fingerprint density at radius 3 is 2.88 bits per heavy atom. The van der Waals surface area contributed by atoms with Crippen LogP contribution in [0.1, 0.15) is 63.1 Å². The lowest BCUT2D eigenvalue weighted by Crippen LogP contribution is -2.31. The number of H-pyrrole nitrogens is 1. The summed E-state index contributed by atoms with van der Waals surface area (Å²) in [5.74, 6) is 0. The number of nitrogens with zero attached hydrogens (tertiary/aromatic N) is 1. The Balaban J connectivity index is 1.58. The third-order valence-corrected chi connectivity index (χ3v) is 7.68. The van der Waals surface area contributed by atoms with Gasteiger partial charge in [-0.2, -0.15) is 0 Å². The van der Waals surface area contributed by atoms with Crippen molar-refractivity contribution in [3.05, 3.63) is 86.3 Å². The van der Waals surface area contributed by atoms with Gasteiger partial charge in [0.15, 0.2) is 0 Å². The zero-order valence-electron chi connectivity index (χ0n) is 18.9. The number of hydrogen-bond donors (Lipinski definition) is 2. The van der Waals surface area contributed by atoms with Crippen molar-refractivity contribution in [1.82, 2.24) is 4.98 Å². The van der Waals surface area contributed by atoms with E-state index in [1.54, 1.807) is 18.5 Å². The Labute approximate surface area is 200 Å². The van der Waals surface area contributed by atoms with Crippen LogP contribution in [0.5, 0.6) is 0 Å². The SMILES string of the molecule is C=C(/C=N\C(=C/C)CCCC1(CCC)Cc2ccccc2[C@H]1N)Sc1cc[nH]c(=O)c1Cl. The molecule has 0 bridgehead atoms.